The van der Waals surface area contributed by atoms with Gasteiger partial charge < -0.3 is 10.6 Å². The molecule has 0 fully saturated rings. The number of aryl methyl sites for hydroxylation is 1. The van der Waals surface area contributed by atoms with E-state index in [4.69, 9.17) is 11.6 Å². The minimum Gasteiger partial charge on any atom is -0.374 e. The van der Waals surface area contributed by atoms with E-state index in [1.807, 2.05) is 61.5 Å². The van der Waals surface area contributed by atoms with Crippen LogP contribution < -0.4 is 10.6 Å². The summed E-state index contributed by atoms with van der Waals surface area (Å²) in [4.78, 5) is 26.0. The minimum atomic E-state index is -0.406. The number of rotatable bonds is 11. The van der Waals surface area contributed by atoms with Crippen molar-refractivity contribution in [3.8, 4) is 0 Å². The molecule has 1 atom stereocenters. The number of benzene rings is 3. The molecule has 3 rings (SSSR count). The van der Waals surface area contributed by atoms with Gasteiger partial charge in [0, 0.05) is 22.5 Å². The molecular weight excluding hydrogens is 432 g/mol. The number of unbranched alkanes of at least 4 members (excludes halogenated alkanes) is 3. The van der Waals surface area contributed by atoms with Crippen LogP contribution in [-0.2, 0) is 4.79 Å². The van der Waals surface area contributed by atoms with Crippen LogP contribution >= 0.6 is 11.6 Å². The Hall–Kier alpha value is -3.11. The lowest BCUT2D eigenvalue weighted by molar-refractivity contribution is -0.117. The highest BCUT2D eigenvalue weighted by Crippen LogP contribution is 2.26. The number of nitrogens with one attached hydrogen (secondary N) is 2. The maximum atomic E-state index is 13.0. The standard InChI is InChI=1S/C28H31ClN2O2/c1-3-4-5-9-16-26(28(33)31-21-13-7-6-8-14-21)30-22-17-18-24(25(29)19-22)27(32)23-15-11-10-12-20(23)2/h6-8,10-15,17-19,26,30H,3-5,9,16H2,1-2H3,(H,31,33). The highest BCUT2D eigenvalue weighted by Gasteiger charge is 2.20. The van der Waals surface area contributed by atoms with E-state index in [-0.39, 0.29) is 11.7 Å². The fourth-order valence-electron chi connectivity index (χ4n) is 3.76. The van der Waals surface area contributed by atoms with E-state index in [0.29, 0.717) is 28.3 Å². The molecule has 0 bridgehead atoms. The van der Waals surface area contributed by atoms with Crippen molar-refractivity contribution in [2.75, 3.05) is 10.6 Å². The summed E-state index contributed by atoms with van der Waals surface area (Å²) in [7, 11) is 0. The van der Waals surface area contributed by atoms with Gasteiger partial charge in [-0.15, -0.1) is 0 Å². The molecule has 172 valence electrons. The van der Waals surface area contributed by atoms with Crippen LogP contribution in [0.25, 0.3) is 0 Å². The van der Waals surface area contributed by atoms with Gasteiger partial charge in [-0.2, -0.15) is 0 Å². The smallest absolute Gasteiger partial charge is 0.246 e. The average molecular weight is 463 g/mol. The van der Waals surface area contributed by atoms with Gasteiger partial charge in [-0.3, -0.25) is 9.59 Å². The number of ketones is 1. The Kier molecular flexibility index (Phi) is 9.08. The Labute approximate surface area is 201 Å². The number of anilines is 2. The van der Waals surface area contributed by atoms with Crippen LogP contribution in [0.3, 0.4) is 0 Å². The van der Waals surface area contributed by atoms with Gasteiger partial charge >= 0.3 is 0 Å². The normalized spacial score (nSPS) is 11.6. The lowest BCUT2D eigenvalue weighted by Gasteiger charge is -2.20. The van der Waals surface area contributed by atoms with Crippen LogP contribution in [0.1, 0.15) is 60.5 Å². The van der Waals surface area contributed by atoms with E-state index in [9.17, 15) is 9.59 Å². The molecule has 1 unspecified atom stereocenters. The van der Waals surface area contributed by atoms with Crippen molar-refractivity contribution in [3.05, 3.63) is 94.5 Å². The van der Waals surface area contributed by atoms with Crippen molar-refractivity contribution in [1.82, 2.24) is 0 Å². The van der Waals surface area contributed by atoms with Crippen LogP contribution in [0, 0.1) is 6.92 Å². The van der Waals surface area contributed by atoms with E-state index in [1.54, 1.807) is 18.2 Å². The molecule has 0 saturated heterocycles. The predicted octanol–water partition coefficient (Wildman–Crippen LogP) is 7.27. The zero-order chi connectivity index (χ0) is 23.6. The second-order valence-electron chi connectivity index (χ2n) is 8.24. The van der Waals surface area contributed by atoms with Crippen LogP contribution in [-0.4, -0.2) is 17.7 Å². The van der Waals surface area contributed by atoms with Crippen molar-refractivity contribution in [2.24, 2.45) is 0 Å². The molecule has 0 spiro atoms. The summed E-state index contributed by atoms with van der Waals surface area (Å²) in [5, 5.41) is 6.68. The molecule has 3 aromatic carbocycles. The number of hydrogen-bond donors (Lipinski definition) is 2. The third-order valence-electron chi connectivity index (χ3n) is 5.65. The van der Waals surface area contributed by atoms with Crippen molar-refractivity contribution in [3.63, 3.8) is 0 Å². The van der Waals surface area contributed by atoms with Gasteiger partial charge in [-0.25, -0.2) is 0 Å². The molecule has 0 aliphatic carbocycles. The van der Waals surface area contributed by atoms with Gasteiger partial charge in [-0.1, -0.05) is 86.7 Å². The van der Waals surface area contributed by atoms with E-state index in [1.165, 1.54) is 0 Å². The Morgan fingerprint density at radius 1 is 0.848 bits per heavy atom. The van der Waals surface area contributed by atoms with Crippen LogP contribution in [0.2, 0.25) is 5.02 Å². The molecule has 0 radical (unpaired) electrons. The molecule has 4 nitrogen and oxygen atoms in total. The van der Waals surface area contributed by atoms with E-state index >= 15 is 0 Å². The van der Waals surface area contributed by atoms with Crippen LogP contribution in [0.5, 0.6) is 0 Å². The Bertz CT molecular complexity index is 1080. The Balaban J connectivity index is 1.75. The largest absolute Gasteiger partial charge is 0.374 e. The molecule has 0 heterocycles. The lowest BCUT2D eigenvalue weighted by atomic mass is 9.99. The second-order valence-corrected chi connectivity index (χ2v) is 8.65. The highest BCUT2D eigenvalue weighted by atomic mass is 35.5. The summed E-state index contributed by atoms with van der Waals surface area (Å²) in [5.41, 5.74) is 3.47. The molecule has 0 saturated carbocycles. The molecule has 0 aliphatic rings. The number of amides is 1. The Morgan fingerprint density at radius 3 is 2.27 bits per heavy atom. The summed E-state index contributed by atoms with van der Waals surface area (Å²) >= 11 is 6.50. The molecule has 0 aliphatic heterocycles. The van der Waals surface area contributed by atoms with Crippen molar-refractivity contribution >= 4 is 34.7 Å². The van der Waals surface area contributed by atoms with Crippen molar-refractivity contribution in [1.29, 1.82) is 0 Å². The number of carbonyl (C=O) groups is 2. The fraction of sp³-hybridized carbons (Fsp3) is 0.286. The fourth-order valence-corrected chi connectivity index (χ4v) is 4.02. The number of para-hydroxylation sites is 1. The van der Waals surface area contributed by atoms with Crippen molar-refractivity contribution < 1.29 is 9.59 Å². The molecule has 5 heteroatoms. The number of hydrogen-bond acceptors (Lipinski definition) is 3. The van der Waals surface area contributed by atoms with Gasteiger partial charge in [-0.05, 0) is 49.2 Å². The van der Waals surface area contributed by atoms with Gasteiger partial charge in [0.1, 0.15) is 6.04 Å². The quantitative estimate of drug-likeness (QED) is 0.232. The number of halogens is 1. The average Bonchev–Trinajstić information content (AvgIpc) is 2.81. The highest BCUT2D eigenvalue weighted by molar-refractivity contribution is 6.35. The summed E-state index contributed by atoms with van der Waals surface area (Å²) in [5.74, 6) is -0.198. The zero-order valence-electron chi connectivity index (χ0n) is 19.2. The van der Waals surface area contributed by atoms with Gasteiger partial charge in [0.15, 0.2) is 5.78 Å². The first-order chi connectivity index (χ1) is 16.0. The molecule has 33 heavy (non-hydrogen) atoms. The SMILES string of the molecule is CCCCCCC(Nc1ccc(C(=O)c2ccccc2C)c(Cl)c1)C(=O)Nc1ccccc1. The predicted molar refractivity (Wildman–Crippen MR) is 137 cm³/mol. The third-order valence-corrected chi connectivity index (χ3v) is 5.96. The number of carbonyl (C=O) groups excluding carboxylic acids is 2. The van der Waals surface area contributed by atoms with E-state index in [0.717, 1.165) is 36.9 Å². The van der Waals surface area contributed by atoms with Gasteiger partial charge in [0.25, 0.3) is 0 Å². The Morgan fingerprint density at radius 2 is 1.58 bits per heavy atom. The molecule has 0 aromatic heterocycles. The monoisotopic (exact) mass is 462 g/mol. The first kappa shape index (κ1) is 24.5. The van der Waals surface area contributed by atoms with Gasteiger partial charge in [0.2, 0.25) is 5.91 Å². The van der Waals surface area contributed by atoms with Crippen LogP contribution in [0.4, 0.5) is 11.4 Å². The van der Waals surface area contributed by atoms with E-state index in [2.05, 4.69) is 17.6 Å². The molecular formula is C28H31ClN2O2. The maximum Gasteiger partial charge on any atom is 0.246 e. The third kappa shape index (κ3) is 6.93. The first-order valence-corrected chi connectivity index (χ1v) is 11.9. The van der Waals surface area contributed by atoms with Gasteiger partial charge in [0.05, 0.1) is 5.02 Å². The van der Waals surface area contributed by atoms with Crippen molar-refractivity contribution in [2.45, 2.75) is 52.0 Å². The second kappa shape index (κ2) is 12.2. The van der Waals surface area contributed by atoms with E-state index < -0.39 is 6.04 Å². The summed E-state index contributed by atoms with van der Waals surface area (Å²) < 4.78 is 0. The first-order valence-electron chi connectivity index (χ1n) is 11.5. The summed E-state index contributed by atoms with van der Waals surface area (Å²) in [6, 6.07) is 21.8. The lowest BCUT2D eigenvalue weighted by Crippen LogP contribution is -2.34. The van der Waals surface area contributed by atoms with Crippen LogP contribution in [0.15, 0.2) is 72.8 Å². The summed E-state index contributed by atoms with van der Waals surface area (Å²) in [6.45, 7) is 4.07. The maximum absolute atomic E-state index is 13.0. The minimum absolute atomic E-state index is 0.0890. The zero-order valence-corrected chi connectivity index (χ0v) is 20.0. The topological polar surface area (TPSA) is 58.2 Å². The molecule has 1 amide bonds. The summed E-state index contributed by atoms with van der Waals surface area (Å²) in [6.07, 6.45) is 5.03. The molecule has 3 aromatic rings. The molecule has 2 N–H and O–H groups in total.